The van der Waals surface area contributed by atoms with Crippen molar-refractivity contribution < 1.29 is 9.53 Å². The number of para-hydroxylation sites is 1. The van der Waals surface area contributed by atoms with E-state index < -0.39 is 0 Å². The highest BCUT2D eigenvalue weighted by Crippen LogP contribution is 2.31. The van der Waals surface area contributed by atoms with Crippen molar-refractivity contribution in [2.45, 2.75) is 31.3 Å². The summed E-state index contributed by atoms with van der Waals surface area (Å²) < 4.78 is 5.56. The van der Waals surface area contributed by atoms with Crippen molar-refractivity contribution in [2.75, 3.05) is 13.2 Å². The third-order valence-electron chi connectivity index (χ3n) is 3.64. The molecule has 0 saturated carbocycles. The Morgan fingerprint density at radius 2 is 2.16 bits per heavy atom. The fourth-order valence-electron chi connectivity index (χ4n) is 2.63. The van der Waals surface area contributed by atoms with Gasteiger partial charge in [-0.15, -0.1) is 12.4 Å². The second-order valence-corrected chi connectivity index (χ2v) is 4.91. The van der Waals surface area contributed by atoms with E-state index in [0.717, 1.165) is 30.7 Å². The molecule has 4 nitrogen and oxygen atoms in total. The SMILES string of the molecule is Cl.O=C(NC1COc2ccccc21)C1CCCCN1. The van der Waals surface area contributed by atoms with Crippen molar-refractivity contribution in [2.24, 2.45) is 0 Å². The molecule has 3 rings (SSSR count). The van der Waals surface area contributed by atoms with Gasteiger partial charge in [0.05, 0.1) is 12.1 Å². The van der Waals surface area contributed by atoms with E-state index in [4.69, 9.17) is 4.74 Å². The first-order valence-electron chi connectivity index (χ1n) is 6.60. The normalized spacial score (nSPS) is 24.8. The van der Waals surface area contributed by atoms with Crippen molar-refractivity contribution >= 4 is 18.3 Å². The Bertz CT molecular complexity index is 447. The molecule has 104 valence electrons. The number of halogens is 1. The molecule has 0 radical (unpaired) electrons. The molecule has 1 aromatic rings. The van der Waals surface area contributed by atoms with E-state index in [9.17, 15) is 4.79 Å². The highest BCUT2D eigenvalue weighted by atomic mass is 35.5. The third kappa shape index (κ3) is 3.01. The number of benzene rings is 1. The lowest BCUT2D eigenvalue weighted by Gasteiger charge is -2.24. The molecule has 0 spiro atoms. The second kappa shape index (κ2) is 6.26. The van der Waals surface area contributed by atoms with Gasteiger partial charge < -0.3 is 15.4 Å². The van der Waals surface area contributed by atoms with E-state index in [1.165, 1.54) is 6.42 Å². The van der Waals surface area contributed by atoms with Crippen LogP contribution in [0.1, 0.15) is 30.9 Å². The van der Waals surface area contributed by atoms with Crippen LogP contribution >= 0.6 is 12.4 Å². The molecule has 1 amide bonds. The van der Waals surface area contributed by atoms with Crippen LogP contribution in [0.4, 0.5) is 0 Å². The first-order valence-corrected chi connectivity index (χ1v) is 6.60. The standard InChI is InChI=1S/C14H18N2O2.ClH/c17-14(11-6-3-4-8-15-11)16-12-9-18-13-7-2-1-5-10(12)13;/h1-2,5,7,11-12,15H,3-4,6,8-9H2,(H,16,17);1H. The van der Waals surface area contributed by atoms with Crippen LogP contribution in [0, 0.1) is 0 Å². The Balaban J connectivity index is 0.00000133. The molecule has 2 N–H and O–H groups in total. The van der Waals surface area contributed by atoms with Crippen LogP contribution in [-0.4, -0.2) is 25.1 Å². The molecule has 0 aliphatic carbocycles. The molecule has 2 heterocycles. The predicted octanol–water partition coefficient (Wildman–Crippen LogP) is 1.80. The van der Waals surface area contributed by atoms with Gasteiger partial charge in [-0.25, -0.2) is 0 Å². The lowest BCUT2D eigenvalue weighted by Crippen LogP contribution is -2.47. The van der Waals surface area contributed by atoms with Crippen molar-refractivity contribution in [3.8, 4) is 5.75 Å². The highest BCUT2D eigenvalue weighted by Gasteiger charge is 2.28. The van der Waals surface area contributed by atoms with E-state index in [-0.39, 0.29) is 30.4 Å². The second-order valence-electron chi connectivity index (χ2n) is 4.91. The number of fused-ring (bicyclic) bond motifs is 1. The molecule has 1 aromatic carbocycles. The van der Waals surface area contributed by atoms with Crippen molar-refractivity contribution in [3.05, 3.63) is 29.8 Å². The summed E-state index contributed by atoms with van der Waals surface area (Å²) in [5, 5.41) is 6.34. The Hall–Kier alpha value is -1.26. The molecule has 5 heteroatoms. The topological polar surface area (TPSA) is 50.4 Å². The van der Waals surface area contributed by atoms with Crippen LogP contribution in [0.25, 0.3) is 0 Å². The number of ether oxygens (including phenoxy) is 1. The van der Waals surface area contributed by atoms with Crippen LogP contribution < -0.4 is 15.4 Å². The summed E-state index contributed by atoms with van der Waals surface area (Å²) >= 11 is 0. The van der Waals surface area contributed by atoms with Crippen molar-refractivity contribution in [3.63, 3.8) is 0 Å². The fraction of sp³-hybridized carbons (Fsp3) is 0.500. The predicted molar refractivity (Wildman–Crippen MR) is 75.7 cm³/mol. The monoisotopic (exact) mass is 282 g/mol. The average Bonchev–Trinajstić information content (AvgIpc) is 2.83. The summed E-state index contributed by atoms with van der Waals surface area (Å²) in [4.78, 5) is 12.1. The van der Waals surface area contributed by atoms with Crippen LogP contribution in [0.15, 0.2) is 24.3 Å². The number of carbonyl (C=O) groups excluding carboxylic acids is 1. The Kier molecular flexibility index (Phi) is 4.66. The maximum atomic E-state index is 12.1. The molecule has 2 atom stereocenters. The number of hydrogen-bond donors (Lipinski definition) is 2. The minimum atomic E-state index is -0.0356. The van der Waals surface area contributed by atoms with Gasteiger partial charge in [-0.3, -0.25) is 4.79 Å². The summed E-state index contributed by atoms with van der Waals surface area (Å²) in [6.07, 6.45) is 3.23. The summed E-state index contributed by atoms with van der Waals surface area (Å²) in [7, 11) is 0. The minimum Gasteiger partial charge on any atom is -0.491 e. The molecular formula is C14H19ClN2O2. The number of nitrogens with one attached hydrogen (secondary N) is 2. The molecule has 1 fully saturated rings. The Morgan fingerprint density at radius 3 is 2.95 bits per heavy atom. The minimum absolute atomic E-state index is 0. The molecule has 2 unspecified atom stereocenters. The molecule has 2 aliphatic rings. The zero-order valence-corrected chi connectivity index (χ0v) is 11.5. The molecule has 2 aliphatic heterocycles. The zero-order chi connectivity index (χ0) is 12.4. The number of hydrogen-bond acceptors (Lipinski definition) is 3. The maximum absolute atomic E-state index is 12.1. The quantitative estimate of drug-likeness (QED) is 0.870. The van der Waals surface area contributed by atoms with E-state index >= 15 is 0 Å². The molecule has 0 bridgehead atoms. The lowest BCUT2D eigenvalue weighted by molar-refractivity contribution is -0.124. The Morgan fingerprint density at radius 1 is 1.32 bits per heavy atom. The zero-order valence-electron chi connectivity index (χ0n) is 10.7. The first kappa shape index (κ1) is 14.2. The molecule has 19 heavy (non-hydrogen) atoms. The summed E-state index contributed by atoms with van der Waals surface area (Å²) in [5.41, 5.74) is 1.08. The molecule has 1 saturated heterocycles. The smallest absolute Gasteiger partial charge is 0.237 e. The van der Waals surface area contributed by atoms with Gasteiger partial charge in [0.25, 0.3) is 0 Å². The van der Waals surface area contributed by atoms with Crippen LogP contribution in [0.3, 0.4) is 0 Å². The first-order chi connectivity index (χ1) is 8.84. The van der Waals surface area contributed by atoms with E-state index in [1.807, 2.05) is 24.3 Å². The van der Waals surface area contributed by atoms with Crippen LogP contribution in [0.2, 0.25) is 0 Å². The van der Waals surface area contributed by atoms with Crippen molar-refractivity contribution in [1.82, 2.24) is 10.6 Å². The summed E-state index contributed by atoms with van der Waals surface area (Å²) in [6.45, 7) is 1.48. The van der Waals surface area contributed by atoms with Gasteiger partial charge in [0.15, 0.2) is 0 Å². The molecular weight excluding hydrogens is 264 g/mol. The third-order valence-corrected chi connectivity index (χ3v) is 3.64. The number of carbonyl (C=O) groups is 1. The Labute approximate surface area is 119 Å². The number of piperidine rings is 1. The number of rotatable bonds is 2. The van der Waals surface area contributed by atoms with Gasteiger partial charge in [-0.2, -0.15) is 0 Å². The molecule has 0 aromatic heterocycles. The average molecular weight is 283 g/mol. The fourth-order valence-corrected chi connectivity index (χ4v) is 2.63. The van der Waals surface area contributed by atoms with Gasteiger partial charge in [-0.1, -0.05) is 24.6 Å². The van der Waals surface area contributed by atoms with Gasteiger partial charge in [0.1, 0.15) is 12.4 Å². The van der Waals surface area contributed by atoms with E-state index in [1.54, 1.807) is 0 Å². The van der Waals surface area contributed by atoms with Gasteiger partial charge >= 0.3 is 0 Å². The van der Waals surface area contributed by atoms with E-state index in [0.29, 0.717) is 6.61 Å². The van der Waals surface area contributed by atoms with Crippen LogP contribution in [0.5, 0.6) is 5.75 Å². The van der Waals surface area contributed by atoms with Gasteiger partial charge in [-0.05, 0) is 25.5 Å². The largest absolute Gasteiger partial charge is 0.491 e. The number of amides is 1. The summed E-state index contributed by atoms with van der Waals surface area (Å²) in [6, 6.07) is 7.85. The van der Waals surface area contributed by atoms with Gasteiger partial charge in [0, 0.05) is 5.56 Å². The van der Waals surface area contributed by atoms with Crippen molar-refractivity contribution in [1.29, 1.82) is 0 Å². The van der Waals surface area contributed by atoms with Crippen LogP contribution in [-0.2, 0) is 4.79 Å². The maximum Gasteiger partial charge on any atom is 0.237 e. The highest BCUT2D eigenvalue weighted by molar-refractivity contribution is 5.85. The van der Waals surface area contributed by atoms with E-state index in [2.05, 4.69) is 10.6 Å². The lowest BCUT2D eigenvalue weighted by atomic mass is 10.0. The van der Waals surface area contributed by atoms with Gasteiger partial charge in [0.2, 0.25) is 5.91 Å². The summed E-state index contributed by atoms with van der Waals surface area (Å²) in [5.74, 6) is 0.986.